The van der Waals surface area contributed by atoms with Gasteiger partial charge in [0.2, 0.25) is 0 Å². The molecule has 0 aliphatic carbocycles. The average Bonchev–Trinajstić information content (AvgIpc) is 2.34. The summed E-state index contributed by atoms with van der Waals surface area (Å²) in [6, 6.07) is 6.14. The standard InChI is InChI=1S/C16H26BrN3O2/c1-11(10-18-15(21)22-16(2,3)4)19-13-9-12(17)7-8-14(13)20(5)6/h7-9,11,19H,10H2,1-6H3,(H,18,21). The van der Waals surface area contributed by atoms with Gasteiger partial charge in [-0.1, -0.05) is 15.9 Å². The molecule has 1 aromatic rings. The normalized spacial score (nSPS) is 12.5. The van der Waals surface area contributed by atoms with E-state index in [-0.39, 0.29) is 6.04 Å². The van der Waals surface area contributed by atoms with Gasteiger partial charge in [-0.25, -0.2) is 4.79 Å². The van der Waals surface area contributed by atoms with Crippen molar-refractivity contribution in [2.45, 2.75) is 39.3 Å². The molecular formula is C16H26BrN3O2. The van der Waals surface area contributed by atoms with Crippen LogP contribution in [0.15, 0.2) is 22.7 Å². The second kappa shape index (κ2) is 7.72. The van der Waals surface area contributed by atoms with Crippen molar-refractivity contribution >= 4 is 33.4 Å². The number of nitrogens with one attached hydrogen (secondary N) is 2. The Morgan fingerprint density at radius 2 is 2.00 bits per heavy atom. The van der Waals surface area contributed by atoms with Crippen LogP contribution in [0.3, 0.4) is 0 Å². The lowest BCUT2D eigenvalue weighted by Crippen LogP contribution is -2.38. The molecule has 0 saturated heterocycles. The first-order valence-electron chi connectivity index (χ1n) is 7.29. The molecule has 0 aliphatic heterocycles. The molecule has 0 saturated carbocycles. The predicted octanol–water partition coefficient (Wildman–Crippen LogP) is 3.84. The van der Waals surface area contributed by atoms with Crippen molar-refractivity contribution in [1.82, 2.24) is 5.32 Å². The molecule has 0 spiro atoms. The molecule has 0 aromatic heterocycles. The lowest BCUT2D eigenvalue weighted by atomic mass is 10.2. The van der Waals surface area contributed by atoms with Gasteiger partial charge >= 0.3 is 6.09 Å². The maximum atomic E-state index is 11.7. The summed E-state index contributed by atoms with van der Waals surface area (Å²) in [6.45, 7) is 8.03. The molecule has 22 heavy (non-hydrogen) atoms. The summed E-state index contributed by atoms with van der Waals surface area (Å²) in [5.41, 5.74) is 1.62. The third-order valence-electron chi connectivity index (χ3n) is 2.79. The number of halogens is 1. The van der Waals surface area contributed by atoms with Crippen molar-refractivity contribution in [3.8, 4) is 0 Å². The van der Waals surface area contributed by atoms with Crippen LogP contribution in [-0.4, -0.2) is 38.4 Å². The Balaban J connectivity index is 2.60. The van der Waals surface area contributed by atoms with E-state index in [9.17, 15) is 4.79 Å². The Kier molecular flexibility index (Phi) is 6.53. The summed E-state index contributed by atoms with van der Waals surface area (Å²) in [5.74, 6) is 0. The van der Waals surface area contributed by atoms with E-state index < -0.39 is 11.7 Å². The summed E-state index contributed by atoms with van der Waals surface area (Å²) in [7, 11) is 4.00. The molecule has 0 fully saturated rings. The Hall–Kier alpha value is -1.43. The first-order valence-corrected chi connectivity index (χ1v) is 8.08. The van der Waals surface area contributed by atoms with E-state index in [2.05, 4.69) is 26.6 Å². The van der Waals surface area contributed by atoms with Gasteiger partial charge in [0.15, 0.2) is 0 Å². The zero-order chi connectivity index (χ0) is 16.9. The third-order valence-corrected chi connectivity index (χ3v) is 3.29. The van der Waals surface area contributed by atoms with E-state index in [4.69, 9.17) is 4.74 Å². The fourth-order valence-electron chi connectivity index (χ4n) is 1.88. The maximum Gasteiger partial charge on any atom is 0.407 e. The van der Waals surface area contributed by atoms with Crippen molar-refractivity contribution in [1.29, 1.82) is 0 Å². The van der Waals surface area contributed by atoms with E-state index >= 15 is 0 Å². The second-order valence-electron chi connectivity index (χ2n) is 6.48. The van der Waals surface area contributed by atoms with Gasteiger partial charge in [0.25, 0.3) is 0 Å². The number of rotatable bonds is 5. The van der Waals surface area contributed by atoms with Gasteiger partial charge in [-0.05, 0) is 45.9 Å². The highest BCUT2D eigenvalue weighted by atomic mass is 79.9. The number of hydrogen-bond donors (Lipinski definition) is 2. The van der Waals surface area contributed by atoms with Crippen LogP contribution in [0, 0.1) is 0 Å². The Bertz CT molecular complexity index is 513. The van der Waals surface area contributed by atoms with E-state index in [1.807, 2.05) is 64.9 Å². The van der Waals surface area contributed by atoms with Gasteiger partial charge < -0.3 is 20.3 Å². The fourth-order valence-corrected chi connectivity index (χ4v) is 2.24. The molecule has 5 nitrogen and oxygen atoms in total. The average molecular weight is 372 g/mol. The van der Waals surface area contributed by atoms with Crippen LogP contribution in [0.5, 0.6) is 0 Å². The minimum Gasteiger partial charge on any atom is -0.444 e. The molecular weight excluding hydrogens is 346 g/mol. The smallest absolute Gasteiger partial charge is 0.407 e. The lowest BCUT2D eigenvalue weighted by Gasteiger charge is -2.24. The number of carbonyl (C=O) groups is 1. The van der Waals surface area contributed by atoms with Crippen molar-refractivity contribution in [3.05, 3.63) is 22.7 Å². The number of carbonyl (C=O) groups excluding carboxylic acids is 1. The van der Waals surface area contributed by atoms with Gasteiger partial charge in [0.05, 0.1) is 11.4 Å². The highest BCUT2D eigenvalue weighted by Gasteiger charge is 2.16. The van der Waals surface area contributed by atoms with Crippen molar-refractivity contribution in [2.24, 2.45) is 0 Å². The third kappa shape index (κ3) is 6.56. The first-order chi connectivity index (χ1) is 10.1. The molecule has 1 aromatic carbocycles. The van der Waals surface area contributed by atoms with Gasteiger partial charge in [0, 0.05) is 31.2 Å². The minimum atomic E-state index is -0.483. The van der Waals surface area contributed by atoms with Gasteiger partial charge in [-0.3, -0.25) is 0 Å². The highest BCUT2D eigenvalue weighted by Crippen LogP contribution is 2.28. The van der Waals surface area contributed by atoms with Crippen LogP contribution in [0.1, 0.15) is 27.7 Å². The molecule has 1 unspecified atom stereocenters. The number of benzene rings is 1. The zero-order valence-electron chi connectivity index (χ0n) is 14.2. The molecule has 1 amide bonds. The topological polar surface area (TPSA) is 53.6 Å². The van der Waals surface area contributed by atoms with E-state index in [0.29, 0.717) is 6.54 Å². The van der Waals surface area contributed by atoms with E-state index in [1.54, 1.807) is 0 Å². The lowest BCUT2D eigenvalue weighted by molar-refractivity contribution is 0.0526. The summed E-state index contributed by atoms with van der Waals surface area (Å²) in [5, 5.41) is 6.18. The number of anilines is 2. The summed E-state index contributed by atoms with van der Waals surface area (Å²) >= 11 is 3.48. The van der Waals surface area contributed by atoms with Crippen LogP contribution in [-0.2, 0) is 4.74 Å². The Morgan fingerprint density at radius 1 is 1.36 bits per heavy atom. The second-order valence-corrected chi connectivity index (χ2v) is 7.40. The highest BCUT2D eigenvalue weighted by molar-refractivity contribution is 9.10. The van der Waals surface area contributed by atoms with Gasteiger partial charge in [-0.15, -0.1) is 0 Å². The van der Waals surface area contributed by atoms with Gasteiger partial charge in [-0.2, -0.15) is 0 Å². The van der Waals surface area contributed by atoms with Crippen molar-refractivity contribution < 1.29 is 9.53 Å². The molecule has 124 valence electrons. The molecule has 2 N–H and O–H groups in total. The van der Waals surface area contributed by atoms with Crippen molar-refractivity contribution in [3.63, 3.8) is 0 Å². The fraction of sp³-hybridized carbons (Fsp3) is 0.562. The van der Waals surface area contributed by atoms with Crippen molar-refractivity contribution in [2.75, 3.05) is 30.9 Å². The predicted molar refractivity (Wildman–Crippen MR) is 95.8 cm³/mol. The molecule has 1 atom stereocenters. The van der Waals surface area contributed by atoms with E-state index in [0.717, 1.165) is 15.8 Å². The van der Waals surface area contributed by atoms with Crippen LogP contribution < -0.4 is 15.5 Å². The monoisotopic (exact) mass is 371 g/mol. The summed E-state index contributed by atoms with van der Waals surface area (Å²) in [6.07, 6.45) is -0.400. The number of amides is 1. The SMILES string of the molecule is CC(CNC(=O)OC(C)(C)C)Nc1cc(Br)ccc1N(C)C. The number of alkyl carbamates (subject to hydrolysis) is 1. The molecule has 1 rings (SSSR count). The maximum absolute atomic E-state index is 11.7. The molecule has 0 bridgehead atoms. The van der Waals surface area contributed by atoms with Crippen LogP contribution in [0.25, 0.3) is 0 Å². The minimum absolute atomic E-state index is 0.0699. The number of hydrogen-bond acceptors (Lipinski definition) is 4. The summed E-state index contributed by atoms with van der Waals surface area (Å²) < 4.78 is 6.23. The van der Waals surface area contributed by atoms with Crippen LogP contribution in [0.2, 0.25) is 0 Å². The molecule has 0 aliphatic rings. The quantitative estimate of drug-likeness (QED) is 0.825. The molecule has 0 radical (unpaired) electrons. The largest absolute Gasteiger partial charge is 0.444 e. The molecule has 0 heterocycles. The number of ether oxygens (including phenoxy) is 1. The Morgan fingerprint density at radius 3 is 2.55 bits per heavy atom. The molecule has 6 heteroatoms. The number of nitrogens with zero attached hydrogens (tertiary/aromatic N) is 1. The Labute approximate surface area is 141 Å². The summed E-state index contributed by atoms with van der Waals surface area (Å²) in [4.78, 5) is 13.7. The first kappa shape index (κ1) is 18.6. The van der Waals surface area contributed by atoms with Crippen LogP contribution >= 0.6 is 15.9 Å². The van der Waals surface area contributed by atoms with E-state index in [1.165, 1.54) is 0 Å². The zero-order valence-corrected chi connectivity index (χ0v) is 15.7. The van der Waals surface area contributed by atoms with Crippen LogP contribution in [0.4, 0.5) is 16.2 Å². The van der Waals surface area contributed by atoms with Gasteiger partial charge in [0.1, 0.15) is 5.60 Å².